The lowest BCUT2D eigenvalue weighted by Crippen LogP contribution is -2.43. The molecule has 0 rings (SSSR count). The van der Waals surface area contributed by atoms with Crippen LogP contribution in [0.5, 0.6) is 0 Å². The SMILES string of the molecule is CCCCCCCCCCCCCCCCCC(=O)N[C@@H](CC(N)=O)C(=O)O. The molecular weight excluding hydrogens is 356 g/mol. The van der Waals surface area contributed by atoms with Gasteiger partial charge >= 0.3 is 5.97 Å². The number of carbonyl (C=O) groups is 3. The van der Waals surface area contributed by atoms with Crippen molar-refractivity contribution in [3.8, 4) is 0 Å². The lowest BCUT2D eigenvalue weighted by Gasteiger charge is -2.12. The summed E-state index contributed by atoms with van der Waals surface area (Å²) in [5, 5.41) is 11.3. The van der Waals surface area contributed by atoms with Gasteiger partial charge in [-0.05, 0) is 6.42 Å². The van der Waals surface area contributed by atoms with Crippen molar-refractivity contribution in [3.63, 3.8) is 0 Å². The molecular formula is C22H42N2O4. The standard InChI is InChI=1S/C22H42N2O4/c1-2-3-4-5-6-7-8-9-10-11-12-13-14-15-16-17-21(26)24-19(22(27)28)18-20(23)25/h19H,2-18H2,1H3,(H2,23,25)(H,24,26)(H,27,28)/t19-/m0/s1. The average Bonchev–Trinajstić information content (AvgIpc) is 2.64. The van der Waals surface area contributed by atoms with Crippen molar-refractivity contribution >= 4 is 17.8 Å². The first kappa shape index (κ1) is 26.4. The second-order valence-corrected chi connectivity index (χ2v) is 7.83. The molecule has 2 amide bonds. The van der Waals surface area contributed by atoms with Gasteiger partial charge in [-0.2, -0.15) is 0 Å². The molecule has 6 nitrogen and oxygen atoms in total. The molecule has 0 unspecified atom stereocenters. The van der Waals surface area contributed by atoms with Gasteiger partial charge in [0.15, 0.2) is 0 Å². The fourth-order valence-corrected chi connectivity index (χ4v) is 3.32. The monoisotopic (exact) mass is 398 g/mol. The highest BCUT2D eigenvalue weighted by molar-refractivity contribution is 5.88. The van der Waals surface area contributed by atoms with Gasteiger partial charge in [0, 0.05) is 6.42 Å². The normalized spacial score (nSPS) is 11.9. The zero-order chi connectivity index (χ0) is 21.0. The van der Waals surface area contributed by atoms with Gasteiger partial charge in [-0.15, -0.1) is 0 Å². The van der Waals surface area contributed by atoms with Crippen molar-refractivity contribution in [2.45, 2.75) is 122 Å². The van der Waals surface area contributed by atoms with E-state index in [-0.39, 0.29) is 12.3 Å². The molecule has 164 valence electrons. The Balaban J connectivity index is 3.41. The maximum atomic E-state index is 11.7. The number of amides is 2. The molecule has 0 aliphatic heterocycles. The number of hydrogen-bond acceptors (Lipinski definition) is 3. The van der Waals surface area contributed by atoms with Crippen LogP contribution in [-0.2, 0) is 14.4 Å². The van der Waals surface area contributed by atoms with Gasteiger partial charge in [0.25, 0.3) is 0 Å². The Labute approximate surface area is 171 Å². The van der Waals surface area contributed by atoms with Crippen molar-refractivity contribution in [2.24, 2.45) is 5.73 Å². The predicted octanol–water partition coefficient (Wildman–Crippen LogP) is 4.69. The second kappa shape index (κ2) is 18.8. The molecule has 0 radical (unpaired) electrons. The van der Waals surface area contributed by atoms with Crippen molar-refractivity contribution in [3.05, 3.63) is 0 Å². The van der Waals surface area contributed by atoms with E-state index in [1.807, 2.05) is 0 Å². The minimum Gasteiger partial charge on any atom is -0.480 e. The summed E-state index contributed by atoms with van der Waals surface area (Å²) in [5.74, 6) is -2.30. The molecule has 28 heavy (non-hydrogen) atoms. The topological polar surface area (TPSA) is 109 Å². The van der Waals surface area contributed by atoms with E-state index in [0.717, 1.165) is 19.3 Å². The maximum Gasteiger partial charge on any atom is 0.326 e. The van der Waals surface area contributed by atoms with Crippen LogP contribution in [0.2, 0.25) is 0 Å². The summed E-state index contributed by atoms with van der Waals surface area (Å²) in [5.41, 5.74) is 4.99. The molecule has 0 spiro atoms. The van der Waals surface area contributed by atoms with Crippen LogP contribution >= 0.6 is 0 Å². The Kier molecular flexibility index (Phi) is 17.7. The number of nitrogens with one attached hydrogen (secondary N) is 1. The quantitative estimate of drug-likeness (QED) is 0.258. The molecule has 6 heteroatoms. The Morgan fingerprint density at radius 1 is 0.750 bits per heavy atom. The average molecular weight is 399 g/mol. The van der Waals surface area contributed by atoms with Crippen LogP contribution in [0, 0.1) is 0 Å². The first-order valence-corrected chi connectivity index (χ1v) is 11.3. The van der Waals surface area contributed by atoms with Crippen LogP contribution < -0.4 is 11.1 Å². The molecule has 0 aliphatic carbocycles. The Bertz CT molecular complexity index is 427. The first-order valence-electron chi connectivity index (χ1n) is 11.3. The Morgan fingerprint density at radius 2 is 1.14 bits per heavy atom. The fourth-order valence-electron chi connectivity index (χ4n) is 3.32. The van der Waals surface area contributed by atoms with Crippen molar-refractivity contribution in [2.75, 3.05) is 0 Å². The number of nitrogens with two attached hydrogens (primary N) is 1. The van der Waals surface area contributed by atoms with Crippen LogP contribution in [0.1, 0.15) is 116 Å². The van der Waals surface area contributed by atoms with E-state index in [1.165, 1.54) is 77.0 Å². The van der Waals surface area contributed by atoms with Crippen LogP contribution in [0.25, 0.3) is 0 Å². The smallest absolute Gasteiger partial charge is 0.326 e. The van der Waals surface area contributed by atoms with Crippen LogP contribution in [-0.4, -0.2) is 28.9 Å². The third-order valence-corrected chi connectivity index (χ3v) is 5.05. The van der Waals surface area contributed by atoms with Crippen LogP contribution in [0.15, 0.2) is 0 Å². The molecule has 0 aromatic heterocycles. The predicted molar refractivity (Wildman–Crippen MR) is 113 cm³/mol. The summed E-state index contributed by atoms with van der Waals surface area (Å²) in [7, 11) is 0. The molecule has 0 aromatic carbocycles. The Hall–Kier alpha value is -1.59. The molecule has 0 heterocycles. The number of aliphatic carboxylic acids is 1. The zero-order valence-corrected chi connectivity index (χ0v) is 17.8. The third-order valence-electron chi connectivity index (χ3n) is 5.05. The number of rotatable bonds is 20. The number of carbonyl (C=O) groups excluding carboxylic acids is 2. The molecule has 0 aromatic rings. The molecule has 0 bridgehead atoms. The van der Waals surface area contributed by atoms with Gasteiger partial charge in [0.05, 0.1) is 6.42 Å². The summed E-state index contributed by atoms with van der Waals surface area (Å²) in [6.07, 6.45) is 18.8. The van der Waals surface area contributed by atoms with Crippen LogP contribution in [0.4, 0.5) is 0 Å². The third kappa shape index (κ3) is 17.8. The number of unbranched alkanes of at least 4 members (excludes halogenated alkanes) is 14. The van der Waals surface area contributed by atoms with Gasteiger partial charge in [-0.1, -0.05) is 96.8 Å². The van der Waals surface area contributed by atoms with Gasteiger partial charge in [-0.3, -0.25) is 9.59 Å². The van der Waals surface area contributed by atoms with Crippen LogP contribution in [0.3, 0.4) is 0 Å². The van der Waals surface area contributed by atoms with Crippen molar-refractivity contribution in [1.29, 1.82) is 0 Å². The second-order valence-electron chi connectivity index (χ2n) is 7.83. The maximum absolute atomic E-state index is 11.7. The molecule has 0 saturated heterocycles. The number of hydrogen-bond donors (Lipinski definition) is 3. The minimum atomic E-state index is -1.23. The van der Waals surface area contributed by atoms with Gasteiger partial charge in [-0.25, -0.2) is 4.79 Å². The van der Waals surface area contributed by atoms with E-state index in [1.54, 1.807) is 0 Å². The number of carboxylic acid groups (broad SMARTS) is 1. The van der Waals surface area contributed by atoms with Crippen molar-refractivity contribution < 1.29 is 19.5 Å². The molecule has 1 atom stereocenters. The van der Waals surface area contributed by atoms with E-state index in [2.05, 4.69) is 12.2 Å². The highest BCUT2D eigenvalue weighted by atomic mass is 16.4. The summed E-state index contributed by atoms with van der Waals surface area (Å²) < 4.78 is 0. The minimum absolute atomic E-state index is 0.292. The summed E-state index contributed by atoms with van der Waals surface area (Å²) in [6, 6.07) is -1.22. The fraction of sp³-hybridized carbons (Fsp3) is 0.864. The van der Waals surface area contributed by atoms with Gasteiger partial charge in [0.2, 0.25) is 11.8 Å². The Morgan fingerprint density at radius 3 is 1.50 bits per heavy atom. The van der Waals surface area contributed by atoms with E-state index in [9.17, 15) is 14.4 Å². The number of primary amides is 1. The summed E-state index contributed by atoms with van der Waals surface area (Å²) in [6.45, 7) is 2.25. The number of carboxylic acids is 1. The highest BCUT2D eigenvalue weighted by Gasteiger charge is 2.21. The molecule has 0 saturated carbocycles. The molecule has 4 N–H and O–H groups in total. The van der Waals surface area contributed by atoms with E-state index < -0.39 is 17.9 Å². The zero-order valence-electron chi connectivity index (χ0n) is 17.8. The lowest BCUT2D eigenvalue weighted by molar-refractivity contribution is -0.143. The molecule has 0 aliphatic rings. The highest BCUT2D eigenvalue weighted by Crippen LogP contribution is 2.13. The summed E-state index contributed by atoms with van der Waals surface area (Å²) >= 11 is 0. The van der Waals surface area contributed by atoms with Crippen molar-refractivity contribution in [1.82, 2.24) is 5.32 Å². The van der Waals surface area contributed by atoms with Gasteiger partial charge in [0.1, 0.15) is 6.04 Å². The molecule has 0 fully saturated rings. The van der Waals surface area contributed by atoms with Gasteiger partial charge < -0.3 is 16.2 Å². The largest absolute Gasteiger partial charge is 0.480 e. The van der Waals surface area contributed by atoms with E-state index >= 15 is 0 Å². The first-order chi connectivity index (χ1) is 13.5. The lowest BCUT2D eigenvalue weighted by atomic mass is 10.0. The summed E-state index contributed by atoms with van der Waals surface area (Å²) in [4.78, 5) is 33.5. The van der Waals surface area contributed by atoms with E-state index in [0.29, 0.717) is 6.42 Å². The van der Waals surface area contributed by atoms with E-state index in [4.69, 9.17) is 10.8 Å².